The Hall–Kier alpha value is -1.63. The van der Waals surface area contributed by atoms with E-state index in [-0.39, 0.29) is 12.3 Å². The van der Waals surface area contributed by atoms with E-state index in [2.05, 4.69) is 14.6 Å². The third-order valence-corrected chi connectivity index (χ3v) is 5.76. The predicted molar refractivity (Wildman–Crippen MR) is 101 cm³/mol. The van der Waals surface area contributed by atoms with Gasteiger partial charge in [-0.25, -0.2) is 18.1 Å². The van der Waals surface area contributed by atoms with Crippen molar-refractivity contribution >= 4 is 27.4 Å². The fraction of sp³-hybridized carbons (Fsp3) is 0.389. The number of hydrogen-bond donors (Lipinski definition) is 1. The molecule has 0 atom stereocenters. The van der Waals surface area contributed by atoms with Gasteiger partial charge in [0.1, 0.15) is 5.82 Å². The van der Waals surface area contributed by atoms with E-state index in [0.717, 1.165) is 43.0 Å². The van der Waals surface area contributed by atoms with Crippen molar-refractivity contribution in [2.45, 2.75) is 32.1 Å². The first kappa shape index (κ1) is 18.2. The first-order valence-corrected chi connectivity index (χ1v) is 10.4. The zero-order chi connectivity index (χ0) is 17.9. The van der Waals surface area contributed by atoms with Gasteiger partial charge in [0, 0.05) is 35.9 Å². The monoisotopic (exact) mass is 379 g/mol. The summed E-state index contributed by atoms with van der Waals surface area (Å²) in [5, 5.41) is 0.534. The quantitative estimate of drug-likeness (QED) is 0.836. The topological polar surface area (TPSA) is 62.3 Å². The van der Waals surface area contributed by atoms with Crippen LogP contribution in [0.3, 0.4) is 0 Å². The first-order valence-electron chi connectivity index (χ1n) is 8.36. The SMILES string of the molecule is Cc1ccc(CNS(=O)(=O)Cc2cccc(Cl)c2)c(N2CCCC2)n1. The van der Waals surface area contributed by atoms with Gasteiger partial charge in [0.15, 0.2) is 0 Å². The number of pyridine rings is 1. The van der Waals surface area contributed by atoms with E-state index in [0.29, 0.717) is 10.6 Å². The van der Waals surface area contributed by atoms with E-state index in [1.54, 1.807) is 24.3 Å². The molecule has 0 aliphatic carbocycles. The van der Waals surface area contributed by atoms with Crippen molar-refractivity contribution in [3.05, 3.63) is 58.2 Å². The highest BCUT2D eigenvalue weighted by atomic mass is 35.5. The van der Waals surface area contributed by atoms with Crippen molar-refractivity contribution in [2.75, 3.05) is 18.0 Å². The van der Waals surface area contributed by atoms with Crippen molar-refractivity contribution in [1.29, 1.82) is 0 Å². The fourth-order valence-corrected chi connectivity index (χ4v) is 4.31. The predicted octanol–water partition coefficient (Wildman–Crippen LogP) is 3.26. The number of hydrogen-bond acceptors (Lipinski definition) is 4. The lowest BCUT2D eigenvalue weighted by atomic mass is 10.2. The molecule has 1 N–H and O–H groups in total. The van der Waals surface area contributed by atoms with Crippen LogP contribution in [0.4, 0.5) is 5.82 Å². The number of nitrogens with one attached hydrogen (secondary N) is 1. The van der Waals surface area contributed by atoms with E-state index >= 15 is 0 Å². The molecule has 0 amide bonds. The summed E-state index contributed by atoms with van der Waals surface area (Å²) in [6, 6.07) is 10.8. The van der Waals surface area contributed by atoms with E-state index in [4.69, 9.17) is 11.6 Å². The Labute approximate surface area is 154 Å². The summed E-state index contributed by atoms with van der Waals surface area (Å²) in [5.74, 6) is 0.800. The Bertz CT molecular complexity index is 849. The summed E-state index contributed by atoms with van der Waals surface area (Å²) in [5.41, 5.74) is 2.51. The van der Waals surface area contributed by atoms with Crippen molar-refractivity contribution in [1.82, 2.24) is 9.71 Å². The zero-order valence-corrected chi connectivity index (χ0v) is 15.8. The smallest absolute Gasteiger partial charge is 0.216 e. The fourth-order valence-electron chi connectivity index (χ4n) is 3.00. The van der Waals surface area contributed by atoms with Crippen LogP contribution in [0.25, 0.3) is 0 Å². The van der Waals surface area contributed by atoms with Crippen LogP contribution in [0.15, 0.2) is 36.4 Å². The third kappa shape index (κ3) is 4.93. The van der Waals surface area contributed by atoms with Crippen LogP contribution in [0.1, 0.15) is 29.7 Å². The van der Waals surface area contributed by atoms with Crippen LogP contribution in [-0.4, -0.2) is 26.5 Å². The summed E-state index contributed by atoms with van der Waals surface area (Å²) in [7, 11) is -3.45. The minimum absolute atomic E-state index is 0.0914. The van der Waals surface area contributed by atoms with Gasteiger partial charge >= 0.3 is 0 Å². The number of nitrogens with zero attached hydrogens (tertiary/aromatic N) is 2. The number of sulfonamides is 1. The maximum Gasteiger partial charge on any atom is 0.216 e. The minimum atomic E-state index is -3.45. The van der Waals surface area contributed by atoms with Gasteiger partial charge in [-0.3, -0.25) is 0 Å². The Morgan fingerprint density at radius 3 is 2.68 bits per heavy atom. The largest absolute Gasteiger partial charge is 0.356 e. The van der Waals surface area contributed by atoms with Crippen LogP contribution in [0.5, 0.6) is 0 Å². The normalized spacial score (nSPS) is 14.9. The van der Waals surface area contributed by atoms with Crippen LogP contribution in [0, 0.1) is 6.92 Å². The van der Waals surface area contributed by atoms with Gasteiger partial charge in [0.25, 0.3) is 0 Å². The number of anilines is 1. The number of aromatic nitrogens is 1. The molecule has 3 rings (SSSR count). The number of benzene rings is 1. The summed E-state index contributed by atoms with van der Waals surface area (Å²) >= 11 is 5.93. The molecule has 2 aromatic rings. The van der Waals surface area contributed by atoms with Crippen molar-refractivity contribution < 1.29 is 8.42 Å². The standard InChI is InChI=1S/C18H22ClN3O2S/c1-14-7-8-16(18(21-14)22-9-2-3-10-22)12-20-25(23,24)13-15-5-4-6-17(19)11-15/h4-8,11,20H,2-3,9-10,12-13H2,1H3. The van der Waals surface area contributed by atoms with Crippen LogP contribution in [0.2, 0.25) is 5.02 Å². The van der Waals surface area contributed by atoms with Crippen LogP contribution in [-0.2, 0) is 22.3 Å². The Morgan fingerprint density at radius 2 is 1.96 bits per heavy atom. The summed E-state index contributed by atoms with van der Waals surface area (Å²) in [4.78, 5) is 6.85. The highest BCUT2D eigenvalue weighted by Crippen LogP contribution is 2.23. The summed E-state index contributed by atoms with van der Waals surface area (Å²) < 4.78 is 27.5. The number of halogens is 1. The Kier molecular flexibility index (Phi) is 5.61. The molecule has 1 aliphatic rings. The molecule has 25 heavy (non-hydrogen) atoms. The van der Waals surface area contributed by atoms with E-state index in [1.165, 1.54) is 0 Å². The zero-order valence-electron chi connectivity index (χ0n) is 14.2. The number of rotatable bonds is 6. The molecular weight excluding hydrogens is 358 g/mol. The lowest BCUT2D eigenvalue weighted by Crippen LogP contribution is -2.27. The Balaban J connectivity index is 1.72. The molecule has 0 radical (unpaired) electrons. The summed E-state index contributed by atoms with van der Waals surface area (Å²) in [6.45, 7) is 4.13. The van der Waals surface area contributed by atoms with Crippen molar-refractivity contribution in [3.63, 3.8) is 0 Å². The van der Waals surface area contributed by atoms with Gasteiger partial charge in [-0.05, 0) is 43.5 Å². The van der Waals surface area contributed by atoms with Crippen LogP contribution < -0.4 is 9.62 Å². The first-order chi connectivity index (χ1) is 11.9. The minimum Gasteiger partial charge on any atom is -0.356 e. The van der Waals surface area contributed by atoms with Crippen LogP contribution >= 0.6 is 11.6 Å². The van der Waals surface area contributed by atoms with Crippen molar-refractivity contribution in [3.8, 4) is 0 Å². The highest BCUT2D eigenvalue weighted by molar-refractivity contribution is 7.88. The van der Waals surface area contributed by atoms with Gasteiger partial charge in [-0.2, -0.15) is 0 Å². The van der Waals surface area contributed by atoms with E-state index in [9.17, 15) is 8.42 Å². The lowest BCUT2D eigenvalue weighted by molar-refractivity contribution is 0.580. The Morgan fingerprint density at radius 1 is 1.20 bits per heavy atom. The second-order valence-corrected chi connectivity index (χ2v) is 8.58. The molecule has 0 saturated carbocycles. The average molecular weight is 380 g/mol. The molecule has 134 valence electrons. The average Bonchev–Trinajstić information content (AvgIpc) is 3.07. The molecule has 0 bridgehead atoms. The van der Waals surface area contributed by atoms with Gasteiger partial charge in [0.05, 0.1) is 5.75 Å². The van der Waals surface area contributed by atoms with Gasteiger partial charge in [0.2, 0.25) is 10.0 Å². The molecule has 0 spiro atoms. The molecule has 1 aromatic heterocycles. The van der Waals surface area contributed by atoms with E-state index < -0.39 is 10.0 Å². The highest BCUT2D eigenvalue weighted by Gasteiger charge is 2.19. The molecule has 2 heterocycles. The maximum absolute atomic E-state index is 12.4. The number of aryl methyl sites for hydroxylation is 1. The van der Waals surface area contributed by atoms with Crippen molar-refractivity contribution in [2.24, 2.45) is 0 Å². The molecule has 0 unspecified atom stereocenters. The second kappa shape index (κ2) is 7.72. The lowest BCUT2D eigenvalue weighted by Gasteiger charge is -2.20. The van der Waals surface area contributed by atoms with Gasteiger partial charge in [-0.1, -0.05) is 29.8 Å². The molecular formula is C18H22ClN3O2S. The molecule has 5 nitrogen and oxygen atoms in total. The molecule has 1 saturated heterocycles. The van der Waals surface area contributed by atoms with Gasteiger partial charge in [-0.15, -0.1) is 0 Å². The molecule has 7 heteroatoms. The van der Waals surface area contributed by atoms with Gasteiger partial charge < -0.3 is 4.90 Å². The third-order valence-electron chi connectivity index (χ3n) is 4.23. The molecule has 1 aromatic carbocycles. The molecule has 1 aliphatic heterocycles. The summed E-state index contributed by atoms with van der Waals surface area (Å²) in [6.07, 6.45) is 2.30. The van der Waals surface area contributed by atoms with E-state index in [1.807, 2.05) is 19.1 Å². The maximum atomic E-state index is 12.4. The second-order valence-electron chi connectivity index (χ2n) is 6.34. The molecule has 1 fully saturated rings.